The minimum atomic E-state index is -2.76. The molecule has 1 fully saturated rings. The highest BCUT2D eigenvalue weighted by Crippen LogP contribution is 2.40. The van der Waals surface area contributed by atoms with Crippen molar-refractivity contribution in [3.8, 4) is 17.1 Å². The third-order valence-corrected chi connectivity index (χ3v) is 6.52. The largest absolute Gasteiger partial charge is 0.494 e. The number of nitrogens with one attached hydrogen (secondary N) is 2. The number of amides is 1. The smallest absolute Gasteiger partial charge is 0.410 e. The van der Waals surface area contributed by atoms with Crippen molar-refractivity contribution in [1.29, 1.82) is 0 Å². The lowest BCUT2D eigenvalue weighted by Gasteiger charge is -2.34. The Morgan fingerprint density at radius 3 is 2.71 bits per heavy atom. The highest BCUT2D eigenvalue weighted by Gasteiger charge is 2.48. The first kappa shape index (κ1) is 25.3. The average molecular weight is 527 g/mol. The summed E-state index contributed by atoms with van der Waals surface area (Å²) in [6.07, 6.45) is 0.471. The van der Waals surface area contributed by atoms with Gasteiger partial charge in [0.25, 0.3) is 5.92 Å². The summed E-state index contributed by atoms with van der Waals surface area (Å²) in [6.45, 7) is 0.574. The monoisotopic (exact) mass is 526 g/mol. The van der Waals surface area contributed by atoms with E-state index in [1.54, 1.807) is 24.4 Å². The van der Waals surface area contributed by atoms with Gasteiger partial charge in [0.1, 0.15) is 11.9 Å². The van der Waals surface area contributed by atoms with Crippen LogP contribution in [0.3, 0.4) is 0 Å². The average Bonchev–Trinajstić information content (AvgIpc) is 3.49. The van der Waals surface area contributed by atoms with E-state index in [4.69, 9.17) is 9.47 Å². The van der Waals surface area contributed by atoms with E-state index in [0.717, 1.165) is 28.2 Å². The quantitative estimate of drug-likeness (QED) is 0.339. The van der Waals surface area contributed by atoms with E-state index in [0.29, 0.717) is 23.5 Å². The SMILES string of the molecule is C.COc1cc2[nH]ncc2cc1Nc1nc(-c2ccc3c(c2)CN(C(=O)OC2CC(F)(F)C2)C3)ncc1F. The van der Waals surface area contributed by atoms with E-state index in [1.165, 1.54) is 12.0 Å². The molecule has 0 spiro atoms. The van der Waals surface area contributed by atoms with Crippen LogP contribution in [0.5, 0.6) is 5.75 Å². The predicted octanol–water partition coefficient (Wildman–Crippen LogP) is 5.80. The number of methoxy groups -OCH3 is 1. The number of alkyl halides is 2. The van der Waals surface area contributed by atoms with E-state index in [-0.39, 0.29) is 25.6 Å². The number of rotatable bonds is 5. The molecule has 0 bridgehead atoms. The minimum Gasteiger partial charge on any atom is -0.494 e. The zero-order valence-corrected chi connectivity index (χ0v) is 19.6. The van der Waals surface area contributed by atoms with Crippen LogP contribution in [-0.2, 0) is 17.8 Å². The Bertz CT molecular complexity index is 1520. The Kier molecular flexibility index (Phi) is 6.33. The van der Waals surface area contributed by atoms with Crippen molar-refractivity contribution in [3.05, 3.63) is 59.7 Å². The van der Waals surface area contributed by atoms with E-state index in [9.17, 15) is 18.0 Å². The van der Waals surface area contributed by atoms with Crippen molar-refractivity contribution in [1.82, 2.24) is 25.1 Å². The number of benzene rings is 2. The van der Waals surface area contributed by atoms with Crippen LogP contribution in [0.2, 0.25) is 0 Å². The lowest BCUT2D eigenvalue weighted by Crippen LogP contribution is -2.44. The van der Waals surface area contributed by atoms with Gasteiger partial charge in [-0.1, -0.05) is 19.6 Å². The van der Waals surface area contributed by atoms with Crippen LogP contribution in [0.4, 0.5) is 29.5 Å². The summed E-state index contributed by atoms with van der Waals surface area (Å²) in [6, 6.07) is 8.97. The molecule has 3 heterocycles. The molecule has 6 rings (SSSR count). The topological polar surface area (TPSA) is 105 Å². The minimum absolute atomic E-state index is 0. The maximum absolute atomic E-state index is 14.7. The number of aromatic nitrogens is 4. The normalized spacial score (nSPS) is 15.9. The molecule has 12 heteroatoms. The maximum Gasteiger partial charge on any atom is 0.410 e. The third-order valence-electron chi connectivity index (χ3n) is 6.52. The van der Waals surface area contributed by atoms with Crippen molar-refractivity contribution in [2.45, 2.75) is 45.4 Å². The molecule has 2 aromatic carbocycles. The van der Waals surface area contributed by atoms with Crippen LogP contribution in [0, 0.1) is 5.82 Å². The molecule has 1 aliphatic carbocycles. The van der Waals surface area contributed by atoms with Crippen LogP contribution < -0.4 is 10.1 Å². The van der Waals surface area contributed by atoms with Gasteiger partial charge in [0.15, 0.2) is 17.5 Å². The van der Waals surface area contributed by atoms with Gasteiger partial charge in [-0.15, -0.1) is 0 Å². The summed E-state index contributed by atoms with van der Waals surface area (Å²) >= 11 is 0. The summed E-state index contributed by atoms with van der Waals surface area (Å²) in [5.74, 6) is -2.67. The second kappa shape index (κ2) is 9.51. The number of carbonyl (C=O) groups is 1. The summed E-state index contributed by atoms with van der Waals surface area (Å²) < 4.78 is 51.4. The highest BCUT2D eigenvalue weighted by atomic mass is 19.3. The fourth-order valence-electron chi connectivity index (χ4n) is 4.53. The Morgan fingerprint density at radius 1 is 1.16 bits per heavy atom. The van der Waals surface area contributed by atoms with Crippen molar-refractivity contribution in [2.24, 2.45) is 0 Å². The van der Waals surface area contributed by atoms with Crippen molar-refractivity contribution < 1.29 is 27.4 Å². The molecule has 1 amide bonds. The van der Waals surface area contributed by atoms with E-state index in [1.807, 2.05) is 12.1 Å². The highest BCUT2D eigenvalue weighted by molar-refractivity contribution is 5.86. The standard InChI is InChI=1S/C25H21F3N6O3.CH4/c1-36-21-6-19-15(9-30-33-19)5-20(21)31-23-18(26)10-29-22(32-23)13-2-3-14-11-34(12-16(14)4-13)24(35)37-17-7-25(27,28)8-17;/h2-6,9-10,17H,7-8,11-12H2,1H3,(H,30,33)(H,29,31,32);1H4. The summed E-state index contributed by atoms with van der Waals surface area (Å²) in [7, 11) is 1.51. The molecule has 2 aromatic heterocycles. The van der Waals surface area contributed by atoms with Gasteiger partial charge in [-0.2, -0.15) is 5.10 Å². The molecule has 0 unspecified atom stereocenters. The number of fused-ring (bicyclic) bond motifs is 2. The van der Waals surface area contributed by atoms with Crippen LogP contribution in [-0.4, -0.2) is 50.3 Å². The van der Waals surface area contributed by atoms with E-state index < -0.39 is 36.8 Å². The molecule has 0 radical (unpaired) electrons. The molecule has 0 saturated heterocycles. The number of hydrogen-bond acceptors (Lipinski definition) is 7. The van der Waals surface area contributed by atoms with Gasteiger partial charge in [-0.05, 0) is 23.3 Å². The summed E-state index contributed by atoms with van der Waals surface area (Å²) in [4.78, 5) is 22.4. The van der Waals surface area contributed by atoms with Crippen LogP contribution >= 0.6 is 0 Å². The Labute approximate surface area is 216 Å². The van der Waals surface area contributed by atoms with Gasteiger partial charge in [-0.25, -0.2) is 27.9 Å². The molecule has 9 nitrogen and oxygen atoms in total. The van der Waals surface area contributed by atoms with Crippen LogP contribution in [0.1, 0.15) is 31.4 Å². The third kappa shape index (κ3) is 4.69. The van der Waals surface area contributed by atoms with E-state index in [2.05, 4.69) is 25.5 Å². The first-order valence-electron chi connectivity index (χ1n) is 11.5. The molecule has 2 aliphatic rings. The zero-order valence-electron chi connectivity index (χ0n) is 19.6. The fraction of sp³-hybridized carbons (Fsp3) is 0.308. The molecule has 2 N–H and O–H groups in total. The Morgan fingerprint density at radius 2 is 1.95 bits per heavy atom. The number of hydrogen-bond donors (Lipinski definition) is 2. The zero-order chi connectivity index (χ0) is 25.7. The number of halogens is 3. The fourth-order valence-corrected chi connectivity index (χ4v) is 4.53. The lowest BCUT2D eigenvalue weighted by molar-refractivity contribution is -0.148. The number of carbonyl (C=O) groups excluding carboxylic acids is 1. The first-order chi connectivity index (χ1) is 17.8. The number of H-pyrrole nitrogens is 1. The second-order valence-electron chi connectivity index (χ2n) is 9.13. The Balaban J connectivity index is 0.00000294. The van der Waals surface area contributed by atoms with Gasteiger partial charge < -0.3 is 14.8 Å². The molecule has 38 heavy (non-hydrogen) atoms. The van der Waals surface area contributed by atoms with Gasteiger partial charge in [0.05, 0.1) is 30.7 Å². The molecular formula is C26H25F3N6O3. The van der Waals surface area contributed by atoms with Crippen LogP contribution in [0.15, 0.2) is 42.7 Å². The Hall–Kier alpha value is -4.35. The van der Waals surface area contributed by atoms with Gasteiger partial charge in [0.2, 0.25) is 0 Å². The molecule has 198 valence electrons. The first-order valence-corrected chi connectivity index (χ1v) is 11.5. The van der Waals surface area contributed by atoms with Gasteiger partial charge >= 0.3 is 6.09 Å². The molecule has 1 saturated carbocycles. The summed E-state index contributed by atoms with van der Waals surface area (Å²) in [5.41, 5.74) is 3.66. The molecular weight excluding hydrogens is 501 g/mol. The molecule has 1 aliphatic heterocycles. The maximum atomic E-state index is 14.7. The van der Waals surface area contributed by atoms with Crippen molar-refractivity contribution in [3.63, 3.8) is 0 Å². The van der Waals surface area contributed by atoms with Gasteiger partial charge in [-0.3, -0.25) is 10.00 Å². The van der Waals surface area contributed by atoms with Crippen LogP contribution in [0.25, 0.3) is 22.3 Å². The van der Waals surface area contributed by atoms with Crippen molar-refractivity contribution in [2.75, 3.05) is 12.4 Å². The number of nitrogens with zero attached hydrogens (tertiary/aromatic N) is 4. The number of anilines is 2. The lowest BCUT2D eigenvalue weighted by atomic mass is 9.91. The summed E-state index contributed by atoms with van der Waals surface area (Å²) in [5, 5.41) is 10.6. The predicted molar refractivity (Wildman–Crippen MR) is 134 cm³/mol. The molecule has 0 atom stereocenters. The van der Waals surface area contributed by atoms with Gasteiger partial charge in [0, 0.05) is 42.9 Å². The second-order valence-corrected chi connectivity index (χ2v) is 9.13. The number of aromatic amines is 1. The number of ether oxygens (including phenoxy) is 2. The van der Waals surface area contributed by atoms with Crippen molar-refractivity contribution >= 4 is 28.5 Å². The molecule has 4 aromatic rings. The van der Waals surface area contributed by atoms with E-state index >= 15 is 0 Å².